The summed E-state index contributed by atoms with van der Waals surface area (Å²) in [5.41, 5.74) is 6.68. The molecular formula is C22H22F2N2. The number of aromatic nitrogens is 1. The molecule has 0 aliphatic carbocycles. The SMILES string of the molecule is CC(=Cn1c2c(c3cc(C)ccc31)CCN(C)C2)c1ccc(F)c(F)c1. The van der Waals surface area contributed by atoms with Crippen molar-refractivity contribution in [3.63, 3.8) is 0 Å². The fourth-order valence-corrected chi connectivity index (χ4v) is 3.79. The molecule has 2 nitrogen and oxygen atoms in total. The molecule has 2 heterocycles. The second kappa shape index (κ2) is 6.36. The summed E-state index contributed by atoms with van der Waals surface area (Å²) in [4.78, 5) is 2.31. The van der Waals surface area contributed by atoms with E-state index < -0.39 is 11.6 Å². The zero-order valence-electron chi connectivity index (χ0n) is 15.3. The molecule has 0 bridgehead atoms. The van der Waals surface area contributed by atoms with Gasteiger partial charge in [0, 0.05) is 30.4 Å². The van der Waals surface area contributed by atoms with Crippen LogP contribution in [0.5, 0.6) is 0 Å². The van der Waals surface area contributed by atoms with E-state index in [0.717, 1.165) is 30.6 Å². The zero-order chi connectivity index (χ0) is 18.4. The van der Waals surface area contributed by atoms with Crippen LogP contribution in [0.2, 0.25) is 0 Å². The molecule has 1 aromatic heterocycles. The molecule has 1 aliphatic rings. The van der Waals surface area contributed by atoms with Crippen molar-refractivity contribution in [3.05, 3.63) is 70.4 Å². The minimum Gasteiger partial charge on any atom is -0.318 e. The summed E-state index contributed by atoms with van der Waals surface area (Å²) in [5.74, 6) is -1.63. The first-order valence-electron chi connectivity index (χ1n) is 8.88. The van der Waals surface area contributed by atoms with Crippen molar-refractivity contribution in [2.45, 2.75) is 26.8 Å². The Labute approximate surface area is 152 Å². The third-order valence-corrected chi connectivity index (χ3v) is 5.24. The number of aryl methyl sites for hydroxylation is 1. The molecule has 0 unspecified atom stereocenters. The van der Waals surface area contributed by atoms with Crippen molar-refractivity contribution < 1.29 is 8.78 Å². The van der Waals surface area contributed by atoms with E-state index in [1.165, 1.54) is 34.3 Å². The largest absolute Gasteiger partial charge is 0.318 e. The van der Waals surface area contributed by atoms with Crippen molar-refractivity contribution in [2.24, 2.45) is 0 Å². The Bertz CT molecular complexity index is 1030. The van der Waals surface area contributed by atoms with E-state index in [2.05, 4.69) is 41.6 Å². The Balaban J connectivity index is 1.90. The van der Waals surface area contributed by atoms with E-state index in [0.29, 0.717) is 5.56 Å². The average Bonchev–Trinajstić information content (AvgIpc) is 2.89. The molecule has 0 spiro atoms. The molecule has 4 rings (SSSR count). The maximum absolute atomic E-state index is 13.6. The Kier molecular flexibility index (Phi) is 4.16. The van der Waals surface area contributed by atoms with Crippen LogP contribution in [-0.4, -0.2) is 23.1 Å². The van der Waals surface area contributed by atoms with Crippen molar-refractivity contribution in [1.29, 1.82) is 0 Å². The summed E-state index contributed by atoms with van der Waals surface area (Å²) in [5, 5.41) is 1.29. The van der Waals surface area contributed by atoms with Crippen LogP contribution >= 0.6 is 0 Å². The first-order chi connectivity index (χ1) is 12.4. The zero-order valence-corrected chi connectivity index (χ0v) is 15.3. The number of fused-ring (bicyclic) bond motifs is 3. The highest BCUT2D eigenvalue weighted by atomic mass is 19.2. The van der Waals surface area contributed by atoms with Crippen LogP contribution in [0.25, 0.3) is 22.7 Å². The Morgan fingerprint density at radius 2 is 1.88 bits per heavy atom. The number of halogens is 2. The number of rotatable bonds is 2. The molecule has 0 atom stereocenters. The summed E-state index contributed by atoms with van der Waals surface area (Å²) in [6.45, 7) is 5.97. The number of nitrogens with zero attached hydrogens (tertiary/aromatic N) is 2. The smallest absolute Gasteiger partial charge is 0.159 e. The van der Waals surface area contributed by atoms with Crippen LogP contribution in [0.1, 0.15) is 29.3 Å². The maximum atomic E-state index is 13.6. The van der Waals surface area contributed by atoms with Gasteiger partial charge in [0.15, 0.2) is 11.6 Å². The van der Waals surface area contributed by atoms with Crippen LogP contribution in [0, 0.1) is 18.6 Å². The maximum Gasteiger partial charge on any atom is 0.159 e. The number of allylic oxidation sites excluding steroid dienone is 1. The number of hydrogen-bond acceptors (Lipinski definition) is 1. The van der Waals surface area contributed by atoms with Gasteiger partial charge in [-0.15, -0.1) is 0 Å². The van der Waals surface area contributed by atoms with Gasteiger partial charge in [-0.1, -0.05) is 17.7 Å². The summed E-state index contributed by atoms with van der Waals surface area (Å²) in [6, 6.07) is 10.6. The van der Waals surface area contributed by atoms with Crippen LogP contribution < -0.4 is 0 Å². The molecule has 1 aliphatic heterocycles. The Hall–Kier alpha value is -2.46. The van der Waals surface area contributed by atoms with Gasteiger partial charge in [0.1, 0.15) is 0 Å². The molecule has 4 heteroatoms. The summed E-state index contributed by atoms with van der Waals surface area (Å²) >= 11 is 0. The van der Waals surface area contributed by atoms with Gasteiger partial charge in [-0.05, 0) is 68.3 Å². The number of benzene rings is 2. The highest BCUT2D eigenvalue weighted by Crippen LogP contribution is 2.32. The van der Waals surface area contributed by atoms with Crippen LogP contribution in [0.15, 0.2) is 36.4 Å². The molecule has 0 N–H and O–H groups in total. The van der Waals surface area contributed by atoms with E-state index in [1.807, 2.05) is 13.1 Å². The van der Waals surface area contributed by atoms with E-state index in [4.69, 9.17) is 0 Å². The summed E-state index contributed by atoms with van der Waals surface area (Å²) in [6.07, 6.45) is 3.07. The van der Waals surface area contributed by atoms with Gasteiger partial charge in [0.2, 0.25) is 0 Å². The standard InChI is InChI=1S/C22H22F2N2/c1-14-4-7-21-18(10-14)17-8-9-25(3)13-22(17)26(21)12-15(2)16-5-6-19(23)20(24)11-16/h4-7,10-12H,8-9,13H2,1-3H3. The predicted octanol–water partition coefficient (Wildman–Crippen LogP) is 5.23. The van der Waals surface area contributed by atoms with Crippen molar-refractivity contribution in [2.75, 3.05) is 13.6 Å². The second-order valence-electron chi connectivity index (χ2n) is 7.24. The molecule has 0 radical (unpaired) electrons. The topological polar surface area (TPSA) is 8.17 Å². The number of likely N-dealkylation sites (N-methyl/N-ethyl adjacent to an activating group) is 1. The van der Waals surface area contributed by atoms with Crippen LogP contribution in [-0.2, 0) is 13.0 Å². The van der Waals surface area contributed by atoms with Crippen molar-refractivity contribution >= 4 is 22.7 Å². The summed E-state index contributed by atoms with van der Waals surface area (Å²) < 4.78 is 29.1. The minimum absolute atomic E-state index is 0.691. The fourth-order valence-electron chi connectivity index (χ4n) is 3.79. The first-order valence-corrected chi connectivity index (χ1v) is 8.88. The van der Waals surface area contributed by atoms with E-state index in [1.54, 1.807) is 6.07 Å². The van der Waals surface area contributed by atoms with Crippen LogP contribution in [0.4, 0.5) is 8.78 Å². The van der Waals surface area contributed by atoms with Gasteiger partial charge in [-0.3, -0.25) is 0 Å². The first kappa shape index (κ1) is 17.0. The van der Waals surface area contributed by atoms with Gasteiger partial charge in [-0.2, -0.15) is 0 Å². The molecule has 0 saturated carbocycles. The monoisotopic (exact) mass is 352 g/mol. The molecule has 2 aromatic carbocycles. The predicted molar refractivity (Wildman–Crippen MR) is 103 cm³/mol. The minimum atomic E-state index is -0.817. The van der Waals surface area contributed by atoms with E-state index in [-0.39, 0.29) is 0 Å². The van der Waals surface area contributed by atoms with E-state index >= 15 is 0 Å². The highest BCUT2D eigenvalue weighted by Gasteiger charge is 2.21. The van der Waals surface area contributed by atoms with Gasteiger partial charge < -0.3 is 9.47 Å². The second-order valence-corrected chi connectivity index (χ2v) is 7.24. The van der Waals surface area contributed by atoms with Gasteiger partial charge in [0.25, 0.3) is 0 Å². The third kappa shape index (κ3) is 2.84. The van der Waals surface area contributed by atoms with Crippen molar-refractivity contribution in [1.82, 2.24) is 9.47 Å². The molecule has 0 amide bonds. The van der Waals surface area contributed by atoms with Gasteiger partial charge >= 0.3 is 0 Å². The normalized spacial score (nSPS) is 15.5. The lowest BCUT2D eigenvalue weighted by Crippen LogP contribution is -2.27. The van der Waals surface area contributed by atoms with Gasteiger partial charge in [-0.25, -0.2) is 8.78 Å². The fraction of sp³-hybridized carbons (Fsp3) is 0.273. The highest BCUT2D eigenvalue weighted by molar-refractivity contribution is 5.90. The number of hydrogen-bond donors (Lipinski definition) is 0. The average molecular weight is 352 g/mol. The molecule has 3 aromatic rings. The van der Waals surface area contributed by atoms with Crippen molar-refractivity contribution in [3.8, 4) is 0 Å². The molecule has 134 valence electrons. The summed E-state index contributed by atoms with van der Waals surface area (Å²) in [7, 11) is 2.13. The van der Waals surface area contributed by atoms with Crippen LogP contribution in [0.3, 0.4) is 0 Å². The Morgan fingerprint density at radius 3 is 2.65 bits per heavy atom. The van der Waals surface area contributed by atoms with E-state index in [9.17, 15) is 8.78 Å². The molecule has 26 heavy (non-hydrogen) atoms. The lowest BCUT2D eigenvalue weighted by Gasteiger charge is -2.24. The molecule has 0 fully saturated rings. The third-order valence-electron chi connectivity index (χ3n) is 5.24. The lowest BCUT2D eigenvalue weighted by atomic mass is 10.0. The molecular weight excluding hydrogens is 330 g/mol. The van der Waals surface area contributed by atoms with Gasteiger partial charge in [0.05, 0.1) is 5.52 Å². The molecule has 0 saturated heterocycles. The Morgan fingerprint density at radius 1 is 1.08 bits per heavy atom. The lowest BCUT2D eigenvalue weighted by molar-refractivity contribution is 0.308. The quantitative estimate of drug-likeness (QED) is 0.613.